The Bertz CT molecular complexity index is 620. The normalized spacial score (nSPS) is 15.9. The van der Waals surface area contributed by atoms with Crippen molar-refractivity contribution in [2.24, 2.45) is 5.92 Å². The molecule has 1 aromatic carbocycles. The zero-order chi connectivity index (χ0) is 15.4. The highest BCUT2D eigenvalue weighted by Crippen LogP contribution is 2.37. The van der Waals surface area contributed by atoms with E-state index in [-0.39, 0.29) is 18.6 Å². The van der Waals surface area contributed by atoms with Crippen molar-refractivity contribution >= 4 is 5.91 Å². The van der Waals surface area contributed by atoms with Crippen molar-refractivity contribution in [1.29, 1.82) is 0 Å². The average Bonchev–Trinajstić information content (AvgIpc) is 2.89. The van der Waals surface area contributed by atoms with Gasteiger partial charge in [0.05, 0.1) is 6.04 Å². The number of aryl methyl sites for hydroxylation is 1. The predicted octanol–water partition coefficient (Wildman–Crippen LogP) is 3.02. The molecule has 1 aliphatic rings. The van der Waals surface area contributed by atoms with E-state index < -0.39 is 0 Å². The zero-order valence-electron chi connectivity index (χ0n) is 12.6. The molecule has 0 bridgehead atoms. The van der Waals surface area contributed by atoms with Gasteiger partial charge < -0.3 is 14.6 Å². The number of carbonyl (C=O) groups is 1. The lowest BCUT2D eigenvalue weighted by Crippen LogP contribution is -2.38. The van der Waals surface area contributed by atoms with Crippen LogP contribution < -0.4 is 10.1 Å². The molecule has 1 heterocycles. The lowest BCUT2D eigenvalue weighted by atomic mass is 9.77. The minimum absolute atomic E-state index is 0.0535. The highest BCUT2D eigenvalue weighted by Gasteiger charge is 2.29. The first-order valence-electron chi connectivity index (χ1n) is 7.63. The van der Waals surface area contributed by atoms with E-state index in [0.29, 0.717) is 17.6 Å². The third-order valence-electron chi connectivity index (χ3n) is 4.05. The van der Waals surface area contributed by atoms with Crippen LogP contribution >= 0.6 is 0 Å². The zero-order valence-corrected chi connectivity index (χ0v) is 12.6. The van der Waals surface area contributed by atoms with Gasteiger partial charge in [-0.05, 0) is 36.4 Å². The summed E-state index contributed by atoms with van der Waals surface area (Å²) in [6.07, 6.45) is 3.55. The molecule has 0 unspecified atom stereocenters. The third-order valence-corrected chi connectivity index (χ3v) is 4.05. The Balaban J connectivity index is 1.59. The van der Waals surface area contributed by atoms with Gasteiger partial charge in [0, 0.05) is 6.07 Å². The van der Waals surface area contributed by atoms with Crippen molar-refractivity contribution in [2.45, 2.75) is 32.2 Å². The van der Waals surface area contributed by atoms with E-state index in [2.05, 4.69) is 22.6 Å². The summed E-state index contributed by atoms with van der Waals surface area (Å²) >= 11 is 0. The predicted molar refractivity (Wildman–Crippen MR) is 81.4 cm³/mol. The number of hydrogen-bond acceptors (Lipinski definition) is 4. The molecule has 0 spiro atoms. The summed E-state index contributed by atoms with van der Waals surface area (Å²) in [4.78, 5) is 12.2. The number of hydrogen-bond donors (Lipinski definition) is 1. The highest BCUT2D eigenvalue weighted by atomic mass is 16.5. The van der Waals surface area contributed by atoms with E-state index in [1.54, 1.807) is 13.0 Å². The molecule has 1 fully saturated rings. The van der Waals surface area contributed by atoms with Crippen LogP contribution in [0.15, 0.2) is 40.9 Å². The van der Waals surface area contributed by atoms with Crippen molar-refractivity contribution in [3.63, 3.8) is 0 Å². The topological polar surface area (TPSA) is 64.4 Å². The molecule has 116 valence electrons. The van der Waals surface area contributed by atoms with Crippen LogP contribution in [-0.2, 0) is 4.79 Å². The van der Waals surface area contributed by atoms with Gasteiger partial charge in [-0.25, -0.2) is 0 Å². The Morgan fingerprint density at radius 1 is 1.41 bits per heavy atom. The van der Waals surface area contributed by atoms with Gasteiger partial charge in [-0.2, -0.15) is 0 Å². The van der Waals surface area contributed by atoms with Crippen LogP contribution in [0, 0.1) is 12.8 Å². The molecule has 5 nitrogen and oxygen atoms in total. The van der Waals surface area contributed by atoms with Crippen LogP contribution in [0.1, 0.15) is 36.6 Å². The second-order valence-corrected chi connectivity index (χ2v) is 5.71. The van der Waals surface area contributed by atoms with Crippen LogP contribution in [0.5, 0.6) is 5.88 Å². The first kappa shape index (κ1) is 14.6. The van der Waals surface area contributed by atoms with Crippen molar-refractivity contribution in [1.82, 2.24) is 10.5 Å². The Labute approximate surface area is 129 Å². The molecule has 1 aliphatic carbocycles. The van der Waals surface area contributed by atoms with E-state index in [1.807, 2.05) is 18.2 Å². The molecular formula is C17H20N2O3. The summed E-state index contributed by atoms with van der Waals surface area (Å²) in [5.74, 6) is 1.38. The number of ether oxygens (including phenoxy) is 1. The van der Waals surface area contributed by atoms with E-state index in [9.17, 15) is 4.79 Å². The second kappa shape index (κ2) is 6.64. The molecule has 3 rings (SSSR count). The number of nitrogens with one attached hydrogen (secondary N) is 1. The molecule has 1 N–H and O–H groups in total. The fraction of sp³-hybridized carbons (Fsp3) is 0.412. The minimum atomic E-state index is -0.138. The van der Waals surface area contributed by atoms with E-state index in [4.69, 9.17) is 9.26 Å². The maximum Gasteiger partial charge on any atom is 0.258 e. The fourth-order valence-electron chi connectivity index (χ4n) is 2.67. The van der Waals surface area contributed by atoms with Crippen LogP contribution in [0.2, 0.25) is 0 Å². The minimum Gasteiger partial charge on any atom is -0.465 e. The molecule has 1 aromatic heterocycles. The summed E-state index contributed by atoms with van der Waals surface area (Å²) in [5.41, 5.74) is 1.15. The maximum atomic E-state index is 12.2. The molecule has 0 saturated heterocycles. The second-order valence-electron chi connectivity index (χ2n) is 5.71. The largest absolute Gasteiger partial charge is 0.465 e. The molecule has 1 atom stereocenters. The van der Waals surface area contributed by atoms with Crippen molar-refractivity contribution < 1.29 is 14.1 Å². The molecule has 5 heteroatoms. The van der Waals surface area contributed by atoms with Gasteiger partial charge in [0.2, 0.25) is 0 Å². The molecule has 1 saturated carbocycles. The maximum absolute atomic E-state index is 12.2. The first-order chi connectivity index (χ1) is 10.7. The van der Waals surface area contributed by atoms with Crippen LogP contribution in [0.4, 0.5) is 0 Å². The summed E-state index contributed by atoms with van der Waals surface area (Å²) in [5, 5.41) is 6.80. The number of aromatic nitrogens is 1. The molecule has 0 aliphatic heterocycles. The van der Waals surface area contributed by atoms with Gasteiger partial charge in [0.1, 0.15) is 5.76 Å². The number of benzene rings is 1. The molecule has 0 radical (unpaired) electrons. The van der Waals surface area contributed by atoms with E-state index in [0.717, 1.165) is 18.4 Å². The number of carbonyl (C=O) groups excluding carboxylic acids is 1. The quantitative estimate of drug-likeness (QED) is 0.890. The molecular weight excluding hydrogens is 280 g/mol. The lowest BCUT2D eigenvalue weighted by molar-refractivity contribution is -0.124. The first-order valence-corrected chi connectivity index (χ1v) is 7.63. The Morgan fingerprint density at radius 2 is 2.18 bits per heavy atom. The van der Waals surface area contributed by atoms with E-state index >= 15 is 0 Å². The molecule has 22 heavy (non-hydrogen) atoms. The summed E-state index contributed by atoms with van der Waals surface area (Å²) in [7, 11) is 0. The van der Waals surface area contributed by atoms with Gasteiger partial charge in [-0.3, -0.25) is 4.79 Å². The summed E-state index contributed by atoms with van der Waals surface area (Å²) in [6.45, 7) is 1.73. The monoisotopic (exact) mass is 300 g/mol. The number of rotatable bonds is 6. The fourth-order valence-corrected chi connectivity index (χ4v) is 2.67. The Kier molecular flexibility index (Phi) is 4.42. The van der Waals surface area contributed by atoms with E-state index in [1.165, 1.54) is 6.42 Å². The van der Waals surface area contributed by atoms with Crippen molar-refractivity contribution in [3.8, 4) is 5.88 Å². The van der Waals surface area contributed by atoms with Crippen LogP contribution in [-0.4, -0.2) is 17.7 Å². The Hall–Kier alpha value is -2.30. The smallest absolute Gasteiger partial charge is 0.258 e. The molecule has 1 amide bonds. The van der Waals surface area contributed by atoms with Gasteiger partial charge in [-0.15, -0.1) is 0 Å². The van der Waals surface area contributed by atoms with Gasteiger partial charge >= 0.3 is 0 Å². The van der Waals surface area contributed by atoms with Gasteiger partial charge in [-0.1, -0.05) is 36.8 Å². The lowest BCUT2D eigenvalue weighted by Gasteiger charge is -2.34. The standard InChI is InChI=1S/C17H20N2O3/c1-12-10-16(19-22-12)21-11-15(20)18-17(14-8-5-9-14)13-6-3-2-4-7-13/h2-4,6-7,10,14,17H,5,8-9,11H2,1H3,(H,18,20)/t17-/m0/s1. The third kappa shape index (κ3) is 3.47. The average molecular weight is 300 g/mol. The Morgan fingerprint density at radius 3 is 2.77 bits per heavy atom. The number of amides is 1. The van der Waals surface area contributed by atoms with Gasteiger partial charge in [0.25, 0.3) is 11.8 Å². The van der Waals surface area contributed by atoms with Crippen LogP contribution in [0.3, 0.4) is 0 Å². The molecule has 2 aromatic rings. The SMILES string of the molecule is Cc1cc(OCC(=O)N[C@@H](c2ccccc2)C2CCC2)no1. The van der Waals surface area contributed by atoms with Crippen LogP contribution in [0.25, 0.3) is 0 Å². The van der Waals surface area contributed by atoms with Gasteiger partial charge in [0.15, 0.2) is 6.61 Å². The summed E-state index contributed by atoms with van der Waals surface area (Å²) < 4.78 is 10.2. The highest BCUT2D eigenvalue weighted by molar-refractivity contribution is 5.78. The van der Waals surface area contributed by atoms with Crippen molar-refractivity contribution in [2.75, 3.05) is 6.61 Å². The summed E-state index contributed by atoms with van der Waals surface area (Å²) in [6, 6.07) is 11.8. The van der Waals surface area contributed by atoms with Crippen molar-refractivity contribution in [3.05, 3.63) is 47.7 Å². The number of nitrogens with zero attached hydrogens (tertiary/aromatic N) is 1.